The van der Waals surface area contributed by atoms with Crippen molar-refractivity contribution in [2.45, 2.75) is 12.3 Å². The fourth-order valence-corrected chi connectivity index (χ4v) is 4.55. The molecule has 0 heterocycles. The molecule has 0 spiro atoms. The molecule has 0 saturated heterocycles. The van der Waals surface area contributed by atoms with Gasteiger partial charge in [-0.25, -0.2) is 0 Å². The first-order valence-electron chi connectivity index (χ1n) is 8.81. The first kappa shape index (κ1) is 13.9. The molecule has 3 atom stereocenters. The lowest BCUT2D eigenvalue weighted by Gasteiger charge is -2.25. The molecule has 24 heavy (non-hydrogen) atoms. The van der Waals surface area contributed by atoms with Crippen molar-refractivity contribution in [3.05, 3.63) is 95.2 Å². The number of allylic oxidation sites excluding steroid dienone is 4. The Morgan fingerprint density at radius 3 is 2.58 bits per heavy atom. The topological polar surface area (TPSA) is 3.24 Å². The highest BCUT2D eigenvalue weighted by Crippen LogP contribution is 2.63. The summed E-state index contributed by atoms with van der Waals surface area (Å²) in [6.45, 7) is 0. The number of nitrogens with zero attached hydrogens (tertiary/aromatic N) is 1. The van der Waals surface area contributed by atoms with E-state index < -0.39 is 0 Å². The van der Waals surface area contributed by atoms with Crippen molar-refractivity contribution >= 4 is 11.8 Å². The molecule has 1 saturated carbocycles. The van der Waals surface area contributed by atoms with Gasteiger partial charge in [0.05, 0.1) is 0 Å². The van der Waals surface area contributed by atoms with Gasteiger partial charge in [-0.15, -0.1) is 0 Å². The molecular formula is C23H21N. The molecule has 1 heteroatoms. The van der Waals surface area contributed by atoms with E-state index in [1.807, 2.05) is 0 Å². The second-order valence-corrected chi connectivity index (χ2v) is 7.05. The number of hydrogen-bond acceptors (Lipinski definition) is 1. The van der Waals surface area contributed by atoms with E-state index in [1.165, 1.54) is 34.5 Å². The van der Waals surface area contributed by atoms with Gasteiger partial charge >= 0.3 is 0 Å². The fourth-order valence-electron chi connectivity index (χ4n) is 4.55. The van der Waals surface area contributed by atoms with Crippen molar-refractivity contribution in [3.8, 4) is 0 Å². The number of likely N-dealkylation sites (N-methyl/N-ethyl adjacent to an activating group) is 1. The molecule has 5 rings (SSSR count). The van der Waals surface area contributed by atoms with E-state index >= 15 is 0 Å². The SMILES string of the molecule is CN(C1=Cc2ccccc2C2C3CC=CC=C1C32)c1ccccc1. The zero-order valence-electron chi connectivity index (χ0n) is 13.9. The monoisotopic (exact) mass is 311 g/mol. The molecule has 1 fully saturated rings. The van der Waals surface area contributed by atoms with Crippen LogP contribution in [0.3, 0.4) is 0 Å². The number of hydrogen-bond donors (Lipinski definition) is 0. The summed E-state index contributed by atoms with van der Waals surface area (Å²) in [5.41, 5.74) is 7.01. The third-order valence-electron chi connectivity index (χ3n) is 5.80. The molecule has 2 aromatic rings. The van der Waals surface area contributed by atoms with Crippen molar-refractivity contribution in [1.29, 1.82) is 0 Å². The van der Waals surface area contributed by atoms with Crippen LogP contribution in [0.1, 0.15) is 23.5 Å². The van der Waals surface area contributed by atoms with E-state index in [2.05, 4.69) is 90.8 Å². The highest BCUT2D eigenvalue weighted by molar-refractivity contribution is 5.73. The predicted molar refractivity (Wildman–Crippen MR) is 101 cm³/mol. The average Bonchev–Trinajstić information content (AvgIpc) is 3.38. The van der Waals surface area contributed by atoms with Gasteiger partial charge in [0.2, 0.25) is 0 Å². The van der Waals surface area contributed by atoms with Crippen LogP contribution >= 0.6 is 0 Å². The number of rotatable bonds is 2. The van der Waals surface area contributed by atoms with Crippen LogP contribution in [-0.4, -0.2) is 7.05 Å². The molecule has 0 amide bonds. The lowest BCUT2D eigenvalue weighted by atomic mass is 10.0. The highest BCUT2D eigenvalue weighted by Gasteiger charge is 2.54. The summed E-state index contributed by atoms with van der Waals surface area (Å²) in [7, 11) is 2.19. The van der Waals surface area contributed by atoms with Gasteiger partial charge in [0.25, 0.3) is 0 Å². The maximum atomic E-state index is 2.39. The fraction of sp³-hybridized carbons (Fsp3) is 0.217. The first-order valence-corrected chi connectivity index (χ1v) is 8.81. The van der Waals surface area contributed by atoms with Gasteiger partial charge in [0.1, 0.15) is 0 Å². The summed E-state index contributed by atoms with van der Waals surface area (Å²) < 4.78 is 0. The Bertz CT molecular complexity index is 872. The summed E-state index contributed by atoms with van der Waals surface area (Å²) in [4.78, 5) is 2.35. The van der Waals surface area contributed by atoms with Gasteiger partial charge in [-0.3, -0.25) is 0 Å². The van der Waals surface area contributed by atoms with Crippen molar-refractivity contribution in [3.63, 3.8) is 0 Å². The molecule has 3 aliphatic rings. The largest absolute Gasteiger partial charge is 0.344 e. The third-order valence-corrected chi connectivity index (χ3v) is 5.80. The molecule has 0 radical (unpaired) electrons. The molecule has 3 aliphatic carbocycles. The molecule has 0 aromatic heterocycles. The van der Waals surface area contributed by atoms with E-state index in [-0.39, 0.29) is 0 Å². The Morgan fingerprint density at radius 2 is 1.71 bits per heavy atom. The van der Waals surface area contributed by atoms with Crippen LogP contribution in [0.2, 0.25) is 0 Å². The van der Waals surface area contributed by atoms with Crippen LogP contribution in [-0.2, 0) is 0 Å². The van der Waals surface area contributed by atoms with Gasteiger partial charge in [-0.2, -0.15) is 0 Å². The summed E-state index contributed by atoms with van der Waals surface area (Å²) in [5, 5.41) is 0. The van der Waals surface area contributed by atoms with Crippen LogP contribution in [0.5, 0.6) is 0 Å². The zero-order chi connectivity index (χ0) is 16.1. The minimum atomic E-state index is 0.668. The summed E-state index contributed by atoms with van der Waals surface area (Å²) >= 11 is 0. The number of para-hydroxylation sites is 1. The molecule has 0 N–H and O–H groups in total. The Kier molecular flexibility index (Phi) is 3.02. The van der Waals surface area contributed by atoms with Crippen LogP contribution in [0.25, 0.3) is 6.08 Å². The smallest absolute Gasteiger partial charge is 0.0449 e. The third kappa shape index (κ3) is 2.01. The average molecular weight is 311 g/mol. The zero-order valence-corrected chi connectivity index (χ0v) is 13.9. The standard InChI is InChI=1S/C23H21N/c1-24(17-10-3-2-4-11-17)21-15-16-9-5-6-12-18(16)22-20-14-8-7-13-19(21)23(20)22/h2-13,15,20,22-23H,14H2,1H3. The summed E-state index contributed by atoms with van der Waals surface area (Å²) in [6.07, 6.45) is 10.5. The minimum Gasteiger partial charge on any atom is -0.344 e. The van der Waals surface area contributed by atoms with Gasteiger partial charge in [0.15, 0.2) is 0 Å². The lowest BCUT2D eigenvalue weighted by molar-refractivity contribution is 0.780. The van der Waals surface area contributed by atoms with Crippen LogP contribution in [0.15, 0.2) is 84.1 Å². The summed E-state index contributed by atoms with van der Waals surface area (Å²) in [5.74, 6) is 2.13. The molecular weight excluding hydrogens is 290 g/mol. The van der Waals surface area contributed by atoms with Gasteiger partial charge in [-0.05, 0) is 59.1 Å². The van der Waals surface area contributed by atoms with Crippen LogP contribution in [0.4, 0.5) is 5.69 Å². The van der Waals surface area contributed by atoms with Crippen molar-refractivity contribution in [1.82, 2.24) is 0 Å². The molecule has 2 aromatic carbocycles. The van der Waals surface area contributed by atoms with Crippen LogP contribution < -0.4 is 4.90 Å². The lowest BCUT2D eigenvalue weighted by Crippen LogP contribution is -2.18. The predicted octanol–water partition coefficient (Wildman–Crippen LogP) is 5.39. The van der Waals surface area contributed by atoms with Crippen molar-refractivity contribution in [2.24, 2.45) is 11.8 Å². The van der Waals surface area contributed by atoms with E-state index in [1.54, 1.807) is 0 Å². The number of benzene rings is 2. The second kappa shape index (κ2) is 5.24. The van der Waals surface area contributed by atoms with E-state index in [4.69, 9.17) is 0 Å². The number of anilines is 1. The van der Waals surface area contributed by atoms with Gasteiger partial charge < -0.3 is 4.90 Å². The van der Waals surface area contributed by atoms with Crippen molar-refractivity contribution < 1.29 is 0 Å². The summed E-state index contributed by atoms with van der Waals surface area (Å²) in [6, 6.07) is 19.6. The second-order valence-electron chi connectivity index (χ2n) is 7.05. The Labute approximate surface area is 143 Å². The molecule has 1 nitrogen and oxygen atoms in total. The Hall–Kier alpha value is -2.54. The van der Waals surface area contributed by atoms with Crippen molar-refractivity contribution in [2.75, 3.05) is 11.9 Å². The molecule has 0 aliphatic heterocycles. The minimum absolute atomic E-state index is 0.668. The van der Waals surface area contributed by atoms with Gasteiger partial charge in [-0.1, -0.05) is 60.7 Å². The van der Waals surface area contributed by atoms with Crippen LogP contribution in [0, 0.1) is 11.8 Å². The molecule has 3 unspecified atom stereocenters. The molecule has 0 bridgehead atoms. The highest BCUT2D eigenvalue weighted by atomic mass is 15.1. The van der Waals surface area contributed by atoms with E-state index in [0.29, 0.717) is 11.8 Å². The maximum Gasteiger partial charge on any atom is 0.0449 e. The molecule has 118 valence electrons. The quantitative estimate of drug-likeness (QED) is 0.718. The Morgan fingerprint density at radius 1 is 0.917 bits per heavy atom. The number of fused-ring (bicyclic) bond motifs is 3. The first-order chi connectivity index (χ1) is 11.8. The van der Waals surface area contributed by atoms with E-state index in [0.717, 1.165) is 5.92 Å². The Balaban J connectivity index is 1.68. The maximum absolute atomic E-state index is 2.39. The van der Waals surface area contributed by atoms with Gasteiger partial charge in [0, 0.05) is 18.4 Å². The van der Waals surface area contributed by atoms with E-state index in [9.17, 15) is 0 Å². The normalized spacial score (nSPS) is 26.3.